The predicted octanol–water partition coefficient (Wildman–Crippen LogP) is 1.67. The fourth-order valence-electron chi connectivity index (χ4n) is 3.25. The van der Waals surface area contributed by atoms with E-state index in [0.29, 0.717) is 43.4 Å². The van der Waals surface area contributed by atoms with Crippen LogP contribution in [0.2, 0.25) is 0 Å². The minimum absolute atomic E-state index is 0.173. The molecule has 152 valence electrons. The van der Waals surface area contributed by atoms with Crippen LogP contribution in [0.4, 0.5) is 16.3 Å². The van der Waals surface area contributed by atoms with Crippen LogP contribution in [-0.4, -0.2) is 60.8 Å². The van der Waals surface area contributed by atoms with Gasteiger partial charge in [0.05, 0.1) is 0 Å². The van der Waals surface area contributed by atoms with Gasteiger partial charge in [0.1, 0.15) is 11.9 Å². The lowest BCUT2D eigenvalue weighted by molar-refractivity contribution is -0.117. The second-order valence-electron chi connectivity index (χ2n) is 6.89. The number of hydrogen-bond acceptors (Lipinski definition) is 6. The highest BCUT2D eigenvalue weighted by Gasteiger charge is 2.25. The number of nitrogens with zero attached hydrogens (tertiary/aromatic N) is 3. The number of carbonyl (C=O) groups is 2. The number of pyridine rings is 1. The highest BCUT2D eigenvalue weighted by Crippen LogP contribution is 2.34. The number of ether oxygens (including phenoxy) is 2. The molecule has 4 rings (SSSR count). The summed E-state index contributed by atoms with van der Waals surface area (Å²) in [6.45, 7) is 4.36. The van der Waals surface area contributed by atoms with Gasteiger partial charge in [0.2, 0.25) is 12.7 Å². The fraction of sp³-hybridized carbons (Fsp3) is 0.350. The number of hydrogen-bond donors (Lipinski definition) is 2. The summed E-state index contributed by atoms with van der Waals surface area (Å²) in [6.07, 6.45) is 1.76. The van der Waals surface area contributed by atoms with E-state index < -0.39 is 6.04 Å². The van der Waals surface area contributed by atoms with E-state index in [0.717, 1.165) is 5.82 Å². The summed E-state index contributed by atoms with van der Waals surface area (Å²) < 4.78 is 10.6. The molecule has 0 radical (unpaired) electrons. The van der Waals surface area contributed by atoms with Crippen molar-refractivity contribution in [2.45, 2.75) is 13.0 Å². The Balaban J connectivity index is 1.26. The molecule has 9 nitrogen and oxygen atoms in total. The molecule has 9 heteroatoms. The van der Waals surface area contributed by atoms with Crippen LogP contribution >= 0.6 is 0 Å². The Hall–Kier alpha value is -3.49. The smallest absolute Gasteiger partial charge is 0.318 e. The van der Waals surface area contributed by atoms with Crippen molar-refractivity contribution in [3.8, 4) is 11.5 Å². The lowest BCUT2D eigenvalue weighted by atomic mass is 10.2. The van der Waals surface area contributed by atoms with E-state index in [9.17, 15) is 9.59 Å². The van der Waals surface area contributed by atoms with Crippen LogP contribution < -0.4 is 25.0 Å². The van der Waals surface area contributed by atoms with Gasteiger partial charge in [-0.3, -0.25) is 4.79 Å². The summed E-state index contributed by atoms with van der Waals surface area (Å²) in [5.74, 6) is 1.84. The monoisotopic (exact) mass is 397 g/mol. The average Bonchev–Trinajstić information content (AvgIpc) is 3.22. The summed E-state index contributed by atoms with van der Waals surface area (Å²) >= 11 is 0. The maximum Gasteiger partial charge on any atom is 0.318 e. The standard InChI is InChI=1S/C20H23N5O4/c1-14(19(26)23-15-5-6-16-17(12-15)29-13-28-16)22-20(27)25-10-8-24(9-11-25)18-4-2-3-7-21-18/h2-7,12,14H,8-11,13H2,1H3,(H,22,27)(H,23,26)/t14-/m0/s1. The van der Waals surface area contributed by atoms with Crippen molar-refractivity contribution in [2.75, 3.05) is 43.2 Å². The Bertz CT molecular complexity index is 884. The van der Waals surface area contributed by atoms with Gasteiger partial charge in [-0.15, -0.1) is 0 Å². The first-order valence-corrected chi connectivity index (χ1v) is 9.52. The Morgan fingerprint density at radius 2 is 1.86 bits per heavy atom. The molecule has 0 bridgehead atoms. The van der Waals surface area contributed by atoms with Crippen LogP contribution in [0.15, 0.2) is 42.6 Å². The summed E-state index contributed by atoms with van der Waals surface area (Å²) in [7, 11) is 0. The Morgan fingerprint density at radius 1 is 1.07 bits per heavy atom. The van der Waals surface area contributed by atoms with Crippen molar-refractivity contribution in [1.29, 1.82) is 0 Å². The molecule has 2 N–H and O–H groups in total. The quantitative estimate of drug-likeness (QED) is 0.815. The minimum atomic E-state index is -0.679. The maximum atomic E-state index is 12.5. The van der Waals surface area contributed by atoms with Crippen molar-refractivity contribution in [1.82, 2.24) is 15.2 Å². The van der Waals surface area contributed by atoms with Crippen LogP contribution in [0.25, 0.3) is 0 Å². The molecular formula is C20H23N5O4. The molecular weight excluding hydrogens is 374 g/mol. The molecule has 0 unspecified atom stereocenters. The van der Waals surface area contributed by atoms with Gasteiger partial charge in [0.25, 0.3) is 0 Å². The van der Waals surface area contributed by atoms with E-state index in [1.165, 1.54) is 0 Å². The number of rotatable bonds is 4. The highest BCUT2D eigenvalue weighted by molar-refractivity contribution is 5.97. The summed E-state index contributed by atoms with van der Waals surface area (Å²) in [5, 5.41) is 5.55. The number of carbonyl (C=O) groups excluding carboxylic acids is 2. The van der Waals surface area contributed by atoms with Crippen molar-refractivity contribution in [3.05, 3.63) is 42.6 Å². The lowest BCUT2D eigenvalue weighted by Gasteiger charge is -2.35. The largest absolute Gasteiger partial charge is 0.454 e. The van der Waals surface area contributed by atoms with E-state index in [-0.39, 0.29) is 18.7 Å². The minimum Gasteiger partial charge on any atom is -0.454 e. The van der Waals surface area contributed by atoms with Crippen LogP contribution in [0, 0.1) is 0 Å². The third kappa shape index (κ3) is 4.34. The molecule has 1 aromatic heterocycles. The molecule has 1 saturated heterocycles. The first-order chi connectivity index (χ1) is 14.1. The van der Waals surface area contributed by atoms with E-state index >= 15 is 0 Å². The Labute approximate surface area is 168 Å². The van der Waals surface area contributed by atoms with Gasteiger partial charge >= 0.3 is 6.03 Å². The number of fused-ring (bicyclic) bond motifs is 1. The molecule has 2 aromatic rings. The van der Waals surface area contributed by atoms with Gasteiger partial charge < -0.3 is 29.9 Å². The number of urea groups is 1. The molecule has 0 spiro atoms. The Kier molecular flexibility index (Phi) is 5.37. The molecule has 3 amide bonds. The molecule has 0 aliphatic carbocycles. The summed E-state index contributed by atoms with van der Waals surface area (Å²) in [5.41, 5.74) is 0.587. The van der Waals surface area contributed by atoms with E-state index in [1.807, 2.05) is 18.2 Å². The topological polar surface area (TPSA) is 96.0 Å². The van der Waals surface area contributed by atoms with Crippen LogP contribution in [0.5, 0.6) is 11.5 Å². The molecule has 0 saturated carbocycles. The van der Waals surface area contributed by atoms with Crippen molar-refractivity contribution in [2.24, 2.45) is 0 Å². The third-order valence-corrected chi connectivity index (χ3v) is 4.91. The second kappa shape index (κ2) is 8.26. The SMILES string of the molecule is C[C@H](NC(=O)N1CCN(c2ccccn2)CC1)C(=O)Nc1ccc2c(c1)OCO2. The first kappa shape index (κ1) is 18.9. The van der Waals surface area contributed by atoms with Crippen LogP contribution in [0.3, 0.4) is 0 Å². The van der Waals surface area contributed by atoms with Crippen molar-refractivity contribution in [3.63, 3.8) is 0 Å². The number of anilines is 2. The zero-order chi connectivity index (χ0) is 20.2. The van der Waals surface area contributed by atoms with Gasteiger partial charge in [-0.05, 0) is 31.2 Å². The summed E-state index contributed by atoms with van der Waals surface area (Å²) in [6, 6.07) is 10.0. The highest BCUT2D eigenvalue weighted by atomic mass is 16.7. The normalized spacial score (nSPS) is 16.3. The van der Waals surface area contributed by atoms with E-state index in [4.69, 9.17) is 9.47 Å². The van der Waals surface area contributed by atoms with Crippen molar-refractivity contribution >= 4 is 23.4 Å². The van der Waals surface area contributed by atoms with E-state index in [2.05, 4.69) is 20.5 Å². The van der Waals surface area contributed by atoms with Gasteiger partial charge in [-0.25, -0.2) is 9.78 Å². The van der Waals surface area contributed by atoms with E-state index in [1.54, 1.807) is 36.2 Å². The number of aromatic nitrogens is 1. The van der Waals surface area contributed by atoms with Gasteiger partial charge in [-0.1, -0.05) is 6.07 Å². The summed E-state index contributed by atoms with van der Waals surface area (Å²) in [4.78, 5) is 33.2. The maximum absolute atomic E-state index is 12.5. The molecule has 2 aliphatic heterocycles. The van der Waals surface area contributed by atoms with Gasteiger partial charge in [0.15, 0.2) is 11.5 Å². The zero-order valence-corrected chi connectivity index (χ0v) is 16.1. The molecule has 1 fully saturated rings. The number of benzene rings is 1. The molecule has 1 atom stereocenters. The van der Waals surface area contributed by atoms with Crippen molar-refractivity contribution < 1.29 is 19.1 Å². The number of piperazine rings is 1. The van der Waals surface area contributed by atoms with Gasteiger partial charge in [-0.2, -0.15) is 0 Å². The second-order valence-corrected chi connectivity index (χ2v) is 6.89. The first-order valence-electron chi connectivity index (χ1n) is 9.52. The van der Waals surface area contributed by atoms with Crippen LogP contribution in [0.1, 0.15) is 6.92 Å². The number of nitrogens with one attached hydrogen (secondary N) is 2. The average molecular weight is 397 g/mol. The fourth-order valence-corrected chi connectivity index (χ4v) is 3.25. The number of amides is 3. The molecule has 1 aromatic carbocycles. The lowest BCUT2D eigenvalue weighted by Crippen LogP contribution is -2.54. The van der Waals surface area contributed by atoms with Gasteiger partial charge in [0, 0.05) is 44.1 Å². The predicted molar refractivity (Wildman–Crippen MR) is 107 cm³/mol. The molecule has 29 heavy (non-hydrogen) atoms. The molecule has 3 heterocycles. The molecule has 2 aliphatic rings. The Morgan fingerprint density at radius 3 is 2.62 bits per heavy atom. The zero-order valence-electron chi connectivity index (χ0n) is 16.1. The third-order valence-electron chi connectivity index (χ3n) is 4.91. The van der Waals surface area contributed by atoms with Crippen LogP contribution in [-0.2, 0) is 4.79 Å².